The fraction of sp³-hybridized carbons (Fsp3) is 0.500. The number of carbonyl (C=O) groups is 1. The average Bonchev–Trinajstić information content (AvgIpc) is 2.36. The number of carbonyl (C=O) groups excluding carboxylic acids is 1. The number of nitrogens with zero attached hydrogens (tertiary/aromatic N) is 2. The first-order chi connectivity index (χ1) is 8.91. The van der Waals surface area contributed by atoms with Gasteiger partial charge >= 0.3 is 0 Å². The molecule has 1 rings (SSSR count). The molecule has 0 radical (unpaired) electrons. The molecule has 0 bridgehead atoms. The van der Waals surface area contributed by atoms with Gasteiger partial charge in [0.2, 0.25) is 5.91 Å². The topological polar surface area (TPSA) is 92.9 Å². The number of hydrogen-bond donors (Lipinski definition) is 3. The van der Waals surface area contributed by atoms with E-state index in [1.807, 2.05) is 13.8 Å². The van der Waals surface area contributed by atoms with Crippen LogP contribution in [0.25, 0.3) is 0 Å². The van der Waals surface area contributed by atoms with Gasteiger partial charge in [0, 0.05) is 18.9 Å². The lowest BCUT2D eigenvalue weighted by Gasteiger charge is -2.16. The van der Waals surface area contributed by atoms with Crippen LogP contribution in [-0.4, -0.2) is 33.5 Å². The molecular weight excluding hydrogens is 262 g/mol. The highest BCUT2D eigenvalue weighted by Crippen LogP contribution is 2.09. The Balaban J connectivity index is 2.69. The molecule has 0 aliphatic carbocycles. The molecule has 104 valence electrons. The van der Waals surface area contributed by atoms with Crippen LogP contribution < -0.4 is 16.4 Å². The first-order valence-corrected chi connectivity index (χ1v) is 6.47. The maximum absolute atomic E-state index is 11.8. The zero-order valence-electron chi connectivity index (χ0n) is 11.3. The number of hydrogen-bond acceptors (Lipinski definition) is 5. The third kappa shape index (κ3) is 4.78. The van der Waals surface area contributed by atoms with Gasteiger partial charge in [-0.25, -0.2) is 9.97 Å². The lowest BCUT2D eigenvalue weighted by Crippen LogP contribution is -2.39. The summed E-state index contributed by atoms with van der Waals surface area (Å²) in [7, 11) is 0. The van der Waals surface area contributed by atoms with Crippen molar-refractivity contribution in [2.75, 3.05) is 11.9 Å². The molecule has 1 atom stereocenters. The molecule has 0 saturated heterocycles. The molecule has 4 N–H and O–H groups in total. The van der Waals surface area contributed by atoms with Crippen LogP contribution in [0.4, 0.5) is 5.82 Å². The molecular formula is C12H19N5OS. The summed E-state index contributed by atoms with van der Waals surface area (Å²) in [6.07, 6.45) is 3.02. The highest BCUT2D eigenvalue weighted by molar-refractivity contribution is 7.80. The van der Waals surface area contributed by atoms with E-state index in [1.54, 1.807) is 6.92 Å². The molecule has 6 nitrogen and oxygen atoms in total. The van der Waals surface area contributed by atoms with Crippen LogP contribution in [0.15, 0.2) is 12.4 Å². The van der Waals surface area contributed by atoms with Crippen molar-refractivity contribution in [3.05, 3.63) is 18.1 Å². The van der Waals surface area contributed by atoms with E-state index in [2.05, 4.69) is 20.6 Å². The Labute approximate surface area is 118 Å². The molecule has 1 amide bonds. The number of nitrogens with two attached hydrogens (primary N) is 1. The van der Waals surface area contributed by atoms with E-state index in [0.29, 0.717) is 24.0 Å². The molecule has 1 unspecified atom stereocenters. The number of amides is 1. The van der Waals surface area contributed by atoms with Crippen molar-refractivity contribution in [2.24, 2.45) is 11.7 Å². The summed E-state index contributed by atoms with van der Waals surface area (Å²) in [6, 6.07) is -0.441. The van der Waals surface area contributed by atoms with Crippen molar-refractivity contribution in [3.63, 3.8) is 0 Å². The van der Waals surface area contributed by atoms with Gasteiger partial charge in [-0.2, -0.15) is 0 Å². The summed E-state index contributed by atoms with van der Waals surface area (Å²) in [5.41, 5.74) is 5.94. The second kappa shape index (κ2) is 6.98. The van der Waals surface area contributed by atoms with Crippen LogP contribution in [0.3, 0.4) is 0 Å². The Morgan fingerprint density at radius 1 is 1.37 bits per heavy atom. The Bertz CT molecular complexity index is 463. The summed E-state index contributed by atoms with van der Waals surface area (Å²) >= 11 is 4.89. The standard InChI is InChI=1S/C12H19N5OS/c1-7(2)6-16-12(18)8(3)17-11-9(10(13)19)14-4-5-15-11/h4-5,7-8H,6H2,1-3H3,(H2,13,19)(H,15,17)(H,16,18). The quantitative estimate of drug-likeness (QED) is 0.664. The van der Waals surface area contributed by atoms with Gasteiger partial charge in [0.15, 0.2) is 5.82 Å². The molecule has 1 aromatic heterocycles. The normalized spacial score (nSPS) is 12.0. The minimum Gasteiger partial charge on any atom is -0.388 e. The molecule has 0 aliphatic rings. The van der Waals surface area contributed by atoms with Crippen molar-refractivity contribution in [3.8, 4) is 0 Å². The molecule has 1 aromatic rings. The summed E-state index contributed by atoms with van der Waals surface area (Å²) in [4.78, 5) is 20.1. The molecule has 0 saturated carbocycles. The van der Waals surface area contributed by atoms with Crippen molar-refractivity contribution in [2.45, 2.75) is 26.8 Å². The molecule has 0 aliphatic heterocycles. The molecule has 0 spiro atoms. The van der Waals surface area contributed by atoms with Gasteiger partial charge in [0.05, 0.1) is 0 Å². The summed E-state index contributed by atoms with van der Waals surface area (Å²) in [5, 5.41) is 5.80. The second-order valence-corrected chi connectivity index (χ2v) is 5.06. The number of aromatic nitrogens is 2. The van der Waals surface area contributed by atoms with Crippen molar-refractivity contribution in [1.82, 2.24) is 15.3 Å². The number of thiocarbonyl (C=S) groups is 1. The van der Waals surface area contributed by atoms with E-state index < -0.39 is 6.04 Å². The third-order valence-corrected chi connectivity index (χ3v) is 2.56. The van der Waals surface area contributed by atoms with Gasteiger partial charge in [0.1, 0.15) is 16.7 Å². The lowest BCUT2D eigenvalue weighted by molar-refractivity contribution is -0.121. The van der Waals surface area contributed by atoms with Crippen LogP contribution >= 0.6 is 12.2 Å². The van der Waals surface area contributed by atoms with Gasteiger partial charge in [-0.3, -0.25) is 4.79 Å². The Kier molecular flexibility index (Phi) is 5.62. The average molecular weight is 281 g/mol. The predicted octanol–water partition coefficient (Wildman–Crippen LogP) is 0.683. The monoisotopic (exact) mass is 281 g/mol. The molecule has 19 heavy (non-hydrogen) atoms. The Hall–Kier alpha value is -1.76. The van der Waals surface area contributed by atoms with Crippen LogP contribution in [0.1, 0.15) is 26.5 Å². The molecule has 0 fully saturated rings. The summed E-state index contributed by atoms with van der Waals surface area (Å²) in [6.45, 7) is 6.44. The highest BCUT2D eigenvalue weighted by Gasteiger charge is 2.16. The Morgan fingerprint density at radius 2 is 2.00 bits per heavy atom. The zero-order valence-corrected chi connectivity index (χ0v) is 12.1. The highest BCUT2D eigenvalue weighted by atomic mass is 32.1. The van der Waals surface area contributed by atoms with Gasteiger partial charge in [-0.1, -0.05) is 26.1 Å². The second-order valence-electron chi connectivity index (χ2n) is 4.62. The fourth-order valence-electron chi connectivity index (χ4n) is 1.35. The smallest absolute Gasteiger partial charge is 0.242 e. The first-order valence-electron chi connectivity index (χ1n) is 6.07. The Morgan fingerprint density at radius 3 is 2.58 bits per heavy atom. The van der Waals surface area contributed by atoms with Crippen LogP contribution in [-0.2, 0) is 4.79 Å². The zero-order chi connectivity index (χ0) is 14.4. The largest absolute Gasteiger partial charge is 0.388 e. The predicted molar refractivity (Wildman–Crippen MR) is 78.9 cm³/mol. The summed E-state index contributed by atoms with van der Waals surface area (Å²) < 4.78 is 0. The fourth-order valence-corrected chi connectivity index (χ4v) is 1.50. The maximum atomic E-state index is 11.8. The van der Waals surface area contributed by atoms with Crippen molar-refractivity contribution < 1.29 is 4.79 Å². The van der Waals surface area contributed by atoms with Gasteiger partial charge < -0.3 is 16.4 Å². The van der Waals surface area contributed by atoms with Crippen LogP contribution in [0.2, 0.25) is 0 Å². The van der Waals surface area contributed by atoms with E-state index >= 15 is 0 Å². The molecule has 7 heteroatoms. The van der Waals surface area contributed by atoms with E-state index in [1.165, 1.54) is 12.4 Å². The van der Waals surface area contributed by atoms with Gasteiger partial charge in [-0.05, 0) is 12.8 Å². The van der Waals surface area contributed by atoms with Gasteiger partial charge in [0.25, 0.3) is 0 Å². The van der Waals surface area contributed by atoms with Crippen LogP contribution in [0.5, 0.6) is 0 Å². The first kappa shape index (κ1) is 15.3. The molecule has 0 aromatic carbocycles. The minimum absolute atomic E-state index is 0.103. The third-order valence-electron chi connectivity index (χ3n) is 2.36. The van der Waals surface area contributed by atoms with Crippen LogP contribution in [0, 0.1) is 5.92 Å². The number of rotatable bonds is 6. The van der Waals surface area contributed by atoms with E-state index in [-0.39, 0.29) is 10.9 Å². The van der Waals surface area contributed by atoms with E-state index in [4.69, 9.17) is 18.0 Å². The van der Waals surface area contributed by atoms with E-state index in [0.717, 1.165) is 0 Å². The molecule has 1 heterocycles. The minimum atomic E-state index is -0.441. The number of anilines is 1. The maximum Gasteiger partial charge on any atom is 0.242 e. The summed E-state index contributed by atoms with van der Waals surface area (Å²) in [5.74, 6) is 0.718. The van der Waals surface area contributed by atoms with Crippen molar-refractivity contribution >= 4 is 28.9 Å². The van der Waals surface area contributed by atoms with E-state index in [9.17, 15) is 4.79 Å². The number of nitrogens with one attached hydrogen (secondary N) is 2. The van der Waals surface area contributed by atoms with Crippen molar-refractivity contribution in [1.29, 1.82) is 0 Å². The van der Waals surface area contributed by atoms with Gasteiger partial charge in [-0.15, -0.1) is 0 Å². The lowest BCUT2D eigenvalue weighted by atomic mass is 10.2. The SMILES string of the molecule is CC(C)CNC(=O)C(C)Nc1nccnc1C(N)=S.